The fourth-order valence-corrected chi connectivity index (χ4v) is 4.39. The zero-order chi connectivity index (χ0) is 22.2. The predicted molar refractivity (Wildman–Crippen MR) is 114 cm³/mol. The molecule has 1 heterocycles. The van der Waals surface area contributed by atoms with E-state index in [9.17, 15) is 14.7 Å². The molecule has 0 aromatic heterocycles. The lowest BCUT2D eigenvalue weighted by atomic mass is 9.99. The molecule has 0 bridgehead atoms. The minimum atomic E-state index is -1.23. The maximum absolute atomic E-state index is 11.7. The molecule has 0 radical (unpaired) electrons. The second kappa shape index (κ2) is 11.3. The lowest BCUT2D eigenvalue weighted by molar-refractivity contribution is -0.231. The molecule has 31 heavy (non-hydrogen) atoms. The Bertz CT molecular complexity index is 846. The van der Waals surface area contributed by atoms with E-state index >= 15 is 0 Å². The average Bonchev–Trinajstić information content (AvgIpc) is 2.74. The zero-order valence-corrected chi connectivity index (χ0v) is 18.2. The molecule has 1 N–H and O–H groups in total. The molecule has 1 fully saturated rings. The Morgan fingerprint density at radius 2 is 1.52 bits per heavy atom. The molecule has 166 valence electrons. The van der Waals surface area contributed by atoms with Crippen molar-refractivity contribution in [1.82, 2.24) is 0 Å². The van der Waals surface area contributed by atoms with Crippen LogP contribution in [-0.4, -0.2) is 53.5 Å². The van der Waals surface area contributed by atoms with Gasteiger partial charge in [0.05, 0.1) is 13.2 Å². The number of aliphatic hydroxyl groups is 1. The summed E-state index contributed by atoms with van der Waals surface area (Å²) in [4.78, 5) is 24.3. The molecule has 2 aromatic rings. The van der Waals surface area contributed by atoms with Gasteiger partial charge in [0.25, 0.3) is 0 Å². The Hall–Kier alpha value is -2.39. The molecule has 0 unspecified atom stereocenters. The molecule has 0 aliphatic carbocycles. The fourth-order valence-electron chi connectivity index (χ4n) is 3.27. The summed E-state index contributed by atoms with van der Waals surface area (Å²) >= 11 is 1.32. The van der Waals surface area contributed by atoms with E-state index in [1.54, 1.807) is 0 Å². The third-order valence-electron chi connectivity index (χ3n) is 4.61. The molecule has 3 rings (SSSR count). The molecule has 1 aliphatic rings. The number of benzene rings is 2. The minimum absolute atomic E-state index is 0.0759. The van der Waals surface area contributed by atoms with E-state index in [2.05, 4.69) is 0 Å². The van der Waals surface area contributed by atoms with Gasteiger partial charge in [-0.15, -0.1) is 0 Å². The van der Waals surface area contributed by atoms with Crippen LogP contribution in [0.3, 0.4) is 0 Å². The van der Waals surface area contributed by atoms with Crippen molar-refractivity contribution < 1.29 is 33.6 Å². The number of carbonyl (C=O) groups is 2. The van der Waals surface area contributed by atoms with Gasteiger partial charge >= 0.3 is 11.9 Å². The molecule has 7 nitrogen and oxygen atoms in total. The summed E-state index contributed by atoms with van der Waals surface area (Å²) in [5, 5.41) is 10.9. The summed E-state index contributed by atoms with van der Waals surface area (Å²) in [6.07, 6.45) is -4.06. The highest BCUT2D eigenvalue weighted by Crippen LogP contribution is 2.36. The fraction of sp³-hybridized carbons (Fsp3) is 0.391. The molecular formula is C23H26O7S. The largest absolute Gasteiger partial charge is 0.456 e. The maximum Gasteiger partial charge on any atom is 0.303 e. The van der Waals surface area contributed by atoms with Crippen LogP contribution in [0.1, 0.15) is 19.4 Å². The van der Waals surface area contributed by atoms with E-state index in [0.29, 0.717) is 6.61 Å². The summed E-state index contributed by atoms with van der Waals surface area (Å²) in [5.41, 5.74) is 0.279. The molecule has 0 spiro atoms. The third-order valence-corrected chi connectivity index (χ3v) is 5.77. The standard InChI is InChI=1S/C23H26O7S/c1-15(24)28-21-20(26)19(14-27-13-17-9-5-3-6-10-17)30-23(22(21)29-16(2)25)31-18-11-7-4-8-12-18/h3-12,19-23,26H,13-14H2,1-2H3/t19-,20-,21+,22-,23-/m1/s1. The maximum atomic E-state index is 11.7. The predicted octanol–water partition coefficient (Wildman–Crippen LogP) is 2.94. The number of ether oxygens (including phenoxy) is 4. The highest BCUT2D eigenvalue weighted by molar-refractivity contribution is 7.99. The summed E-state index contributed by atoms with van der Waals surface area (Å²) < 4.78 is 22.6. The smallest absolute Gasteiger partial charge is 0.303 e. The molecule has 1 saturated heterocycles. The lowest BCUT2D eigenvalue weighted by Gasteiger charge is -2.43. The molecule has 5 atom stereocenters. The van der Waals surface area contributed by atoms with Crippen molar-refractivity contribution in [1.29, 1.82) is 0 Å². The van der Waals surface area contributed by atoms with E-state index in [-0.39, 0.29) is 6.61 Å². The van der Waals surface area contributed by atoms with Gasteiger partial charge in [0, 0.05) is 18.7 Å². The first-order valence-corrected chi connectivity index (χ1v) is 10.8. The summed E-state index contributed by atoms with van der Waals surface area (Å²) in [6.45, 7) is 2.92. The number of esters is 2. The third kappa shape index (κ3) is 6.80. The van der Waals surface area contributed by atoms with E-state index in [1.807, 2.05) is 60.7 Å². The first-order chi connectivity index (χ1) is 14.9. The molecule has 2 aromatic carbocycles. The Morgan fingerprint density at radius 3 is 2.13 bits per heavy atom. The van der Waals surface area contributed by atoms with Crippen LogP contribution in [0, 0.1) is 0 Å². The summed E-state index contributed by atoms with van der Waals surface area (Å²) in [6, 6.07) is 19.1. The van der Waals surface area contributed by atoms with Crippen molar-refractivity contribution in [2.45, 2.75) is 55.2 Å². The van der Waals surface area contributed by atoms with Gasteiger partial charge in [0.1, 0.15) is 17.6 Å². The highest BCUT2D eigenvalue weighted by Gasteiger charge is 2.49. The monoisotopic (exact) mass is 446 g/mol. The number of aliphatic hydroxyl groups excluding tert-OH is 1. The number of hydrogen-bond acceptors (Lipinski definition) is 8. The van der Waals surface area contributed by atoms with E-state index < -0.39 is 41.8 Å². The quantitative estimate of drug-likeness (QED) is 0.619. The van der Waals surface area contributed by atoms with Gasteiger partial charge in [0.15, 0.2) is 12.2 Å². The summed E-state index contributed by atoms with van der Waals surface area (Å²) in [5.74, 6) is -1.15. The Labute approximate surface area is 185 Å². The second-order valence-electron chi connectivity index (χ2n) is 7.11. The molecular weight excluding hydrogens is 420 g/mol. The van der Waals surface area contributed by atoms with Crippen molar-refractivity contribution in [3.63, 3.8) is 0 Å². The van der Waals surface area contributed by atoms with Crippen molar-refractivity contribution >= 4 is 23.7 Å². The van der Waals surface area contributed by atoms with Gasteiger partial charge in [-0.1, -0.05) is 60.3 Å². The van der Waals surface area contributed by atoms with Crippen LogP contribution >= 0.6 is 11.8 Å². The van der Waals surface area contributed by atoms with Gasteiger partial charge in [-0.25, -0.2) is 0 Å². The van der Waals surface area contributed by atoms with Crippen molar-refractivity contribution in [2.75, 3.05) is 6.61 Å². The van der Waals surface area contributed by atoms with Crippen LogP contribution < -0.4 is 0 Å². The van der Waals surface area contributed by atoms with Gasteiger partial charge in [-0.2, -0.15) is 0 Å². The first-order valence-electron chi connectivity index (χ1n) is 9.95. The Morgan fingerprint density at radius 1 is 0.935 bits per heavy atom. The number of rotatable bonds is 8. The summed E-state index contributed by atoms with van der Waals surface area (Å²) in [7, 11) is 0. The van der Waals surface area contributed by atoms with Crippen LogP contribution in [0.25, 0.3) is 0 Å². The number of carbonyl (C=O) groups excluding carboxylic acids is 2. The Balaban J connectivity index is 1.77. The first kappa shape index (κ1) is 23.3. The number of hydrogen-bond donors (Lipinski definition) is 1. The topological polar surface area (TPSA) is 91.3 Å². The normalized spacial score (nSPS) is 25.6. The molecule has 0 amide bonds. The van der Waals surface area contributed by atoms with Gasteiger partial charge in [0.2, 0.25) is 0 Å². The highest BCUT2D eigenvalue weighted by atomic mass is 32.2. The van der Waals surface area contributed by atoms with Gasteiger partial charge in [-0.05, 0) is 17.7 Å². The van der Waals surface area contributed by atoms with Crippen molar-refractivity contribution in [3.8, 4) is 0 Å². The van der Waals surface area contributed by atoms with Crippen LogP contribution in [0.4, 0.5) is 0 Å². The van der Waals surface area contributed by atoms with Crippen molar-refractivity contribution in [2.24, 2.45) is 0 Å². The molecule has 0 saturated carbocycles. The van der Waals surface area contributed by atoms with Crippen LogP contribution in [-0.2, 0) is 35.1 Å². The SMILES string of the molecule is CC(=O)O[C@@H]1[C@@H](OC(C)=O)[C@H](O)[C@@H](COCc2ccccc2)O[C@@H]1Sc1ccccc1. The average molecular weight is 447 g/mol. The molecule has 1 aliphatic heterocycles. The lowest BCUT2D eigenvalue weighted by Crippen LogP contribution is -2.60. The van der Waals surface area contributed by atoms with Crippen LogP contribution in [0.5, 0.6) is 0 Å². The van der Waals surface area contributed by atoms with Crippen molar-refractivity contribution in [3.05, 3.63) is 66.2 Å². The Kier molecular flexibility index (Phi) is 8.48. The van der Waals surface area contributed by atoms with Crippen LogP contribution in [0.15, 0.2) is 65.6 Å². The van der Waals surface area contributed by atoms with Gasteiger partial charge < -0.3 is 24.1 Å². The second-order valence-corrected chi connectivity index (χ2v) is 8.28. The number of thioether (sulfide) groups is 1. The van der Waals surface area contributed by atoms with Crippen LogP contribution in [0.2, 0.25) is 0 Å². The molecule has 8 heteroatoms. The van der Waals surface area contributed by atoms with E-state index in [0.717, 1.165) is 10.5 Å². The van der Waals surface area contributed by atoms with Gasteiger partial charge in [-0.3, -0.25) is 9.59 Å². The van der Waals surface area contributed by atoms with E-state index in [1.165, 1.54) is 25.6 Å². The minimum Gasteiger partial charge on any atom is -0.456 e. The van der Waals surface area contributed by atoms with E-state index in [4.69, 9.17) is 18.9 Å². The zero-order valence-electron chi connectivity index (χ0n) is 17.4.